The van der Waals surface area contributed by atoms with Crippen molar-refractivity contribution in [3.05, 3.63) is 65.7 Å². The van der Waals surface area contributed by atoms with Crippen molar-refractivity contribution in [2.45, 2.75) is 29.8 Å². The summed E-state index contributed by atoms with van der Waals surface area (Å²) < 4.78 is 77.5. The quantitative estimate of drug-likeness (QED) is 0.487. The molecule has 2 aromatic carbocycles. The molecule has 192 valence electrons. The second kappa shape index (κ2) is 10.3. The number of benzene rings is 2. The summed E-state index contributed by atoms with van der Waals surface area (Å²) in [5, 5.41) is 0.162. The van der Waals surface area contributed by atoms with Crippen LogP contribution in [0, 0.1) is 5.82 Å². The monoisotopic (exact) mass is 539 g/mol. The van der Waals surface area contributed by atoms with Crippen molar-refractivity contribution >= 4 is 26.7 Å². The first kappa shape index (κ1) is 24.9. The molecule has 0 aliphatic carbocycles. The summed E-state index contributed by atoms with van der Waals surface area (Å²) in [5.74, 6) is 0.0945. The Labute approximate surface area is 210 Å². The molecule has 1 saturated heterocycles. The van der Waals surface area contributed by atoms with Crippen LogP contribution in [0.25, 0.3) is 0 Å². The number of fused-ring (bicyclic) bond motifs is 1. The van der Waals surface area contributed by atoms with Crippen molar-refractivity contribution in [3.8, 4) is 5.75 Å². The van der Waals surface area contributed by atoms with E-state index in [1.54, 1.807) is 23.1 Å². The number of sulfonamides is 1. The van der Waals surface area contributed by atoms with Crippen LogP contribution in [0.2, 0.25) is 0 Å². The summed E-state index contributed by atoms with van der Waals surface area (Å²) in [7, 11) is -3.88. The molecule has 0 spiro atoms. The second-order valence-corrected chi connectivity index (χ2v) is 11.1. The average Bonchev–Trinajstić information content (AvgIpc) is 3.36. The molecule has 0 bridgehead atoms. The Morgan fingerprint density at radius 3 is 2.67 bits per heavy atom. The standard InChI is InChI=1S/C23H24F3N5O3S2/c24-16-3-1-15(2-4-16)20-12-30(13-22(25)26)8-9-31(20)19-7-10-34-21-11-17(5-6-18(19)21)36(32,33)29-23-27-14-28-35-23/h1-6,11,14,19-20,22H,7-10,12-13H2,(H,27,28,29). The van der Waals surface area contributed by atoms with Gasteiger partial charge in [0.2, 0.25) is 5.13 Å². The number of piperazine rings is 1. The predicted molar refractivity (Wildman–Crippen MR) is 128 cm³/mol. The molecule has 5 rings (SSSR count). The Morgan fingerprint density at radius 2 is 1.94 bits per heavy atom. The van der Waals surface area contributed by atoms with Crippen molar-refractivity contribution < 1.29 is 26.3 Å². The number of ether oxygens (including phenoxy) is 1. The number of nitrogens with zero attached hydrogens (tertiary/aromatic N) is 4. The van der Waals surface area contributed by atoms with Gasteiger partial charge in [0.15, 0.2) is 0 Å². The van der Waals surface area contributed by atoms with Crippen molar-refractivity contribution in [1.82, 2.24) is 19.2 Å². The van der Waals surface area contributed by atoms with Gasteiger partial charge in [-0.25, -0.2) is 26.6 Å². The summed E-state index contributed by atoms with van der Waals surface area (Å²) in [6, 6.07) is 10.5. The van der Waals surface area contributed by atoms with Gasteiger partial charge >= 0.3 is 0 Å². The fourth-order valence-electron chi connectivity index (χ4n) is 4.82. The SMILES string of the molecule is O=S(=O)(Nc1ncns1)c1ccc2c(c1)OCCC2N1CCN(CC(F)F)CC1c1ccc(F)cc1. The summed E-state index contributed by atoms with van der Waals surface area (Å²) in [5.41, 5.74) is 1.66. The lowest BCUT2D eigenvalue weighted by Crippen LogP contribution is -2.51. The number of anilines is 1. The summed E-state index contributed by atoms with van der Waals surface area (Å²) in [6.07, 6.45) is -0.528. The van der Waals surface area contributed by atoms with E-state index in [1.807, 2.05) is 0 Å². The fourth-order valence-corrected chi connectivity index (χ4v) is 6.50. The van der Waals surface area contributed by atoms with E-state index >= 15 is 0 Å². The molecule has 2 atom stereocenters. The summed E-state index contributed by atoms with van der Waals surface area (Å²) in [4.78, 5) is 7.85. The number of hydrogen-bond acceptors (Lipinski definition) is 8. The largest absolute Gasteiger partial charge is 0.493 e. The topological polar surface area (TPSA) is 87.7 Å². The van der Waals surface area contributed by atoms with E-state index in [0.717, 1.165) is 22.7 Å². The van der Waals surface area contributed by atoms with Crippen LogP contribution < -0.4 is 9.46 Å². The number of hydrogen-bond donors (Lipinski definition) is 1. The maximum Gasteiger partial charge on any atom is 0.263 e. The van der Waals surface area contributed by atoms with Crippen LogP contribution in [0.3, 0.4) is 0 Å². The minimum absolute atomic E-state index is 0.0361. The van der Waals surface area contributed by atoms with Crippen LogP contribution in [0.4, 0.5) is 18.3 Å². The Kier molecular flexibility index (Phi) is 7.15. The zero-order valence-electron chi connectivity index (χ0n) is 19.1. The van der Waals surface area contributed by atoms with Gasteiger partial charge in [-0.1, -0.05) is 18.2 Å². The lowest BCUT2D eigenvalue weighted by Gasteiger charge is -2.46. The fraction of sp³-hybridized carbons (Fsp3) is 0.391. The average molecular weight is 540 g/mol. The van der Waals surface area contributed by atoms with E-state index in [2.05, 4.69) is 19.0 Å². The van der Waals surface area contributed by atoms with Crippen LogP contribution in [0.1, 0.15) is 29.6 Å². The zero-order chi connectivity index (χ0) is 25.3. The molecule has 0 saturated carbocycles. The summed E-state index contributed by atoms with van der Waals surface area (Å²) >= 11 is 0.931. The Morgan fingerprint density at radius 1 is 1.14 bits per heavy atom. The highest BCUT2D eigenvalue weighted by molar-refractivity contribution is 7.93. The van der Waals surface area contributed by atoms with Gasteiger partial charge in [0.1, 0.15) is 17.9 Å². The lowest BCUT2D eigenvalue weighted by molar-refractivity contribution is -0.000677. The summed E-state index contributed by atoms with van der Waals surface area (Å²) in [6.45, 7) is 1.42. The number of nitrogens with one attached hydrogen (secondary N) is 1. The Hall–Kier alpha value is -2.74. The van der Waals surface area contributed by atoms with E-state index in [0.29, 0.717) is 38.4 Å². The highest BCUT2D eigenvalue weighted by atomic mass is 32.2. The zero-order valence-corrected chi connectivity index (χ0v) is 20.7. The molecule has 3 heterocycles. The van der Waals surface area contributed by atoms with Gasteiger partial charge in [0.25, 0.3) is 16.4 Å². The second-order valence-electron chi connectivity index (χ2n) is 8.66. The molecule has 0 radical (unpaired) electrons. The van der Waals surface area contributed by atoms with Crippen LogP contribution in [-0.2, 0) is 10.0 Å². The first-order chi connectivity index (χ1) is 17.3. The van der Waals surface area contributed by atoms with Gasteiger partial charge in [0, 0.05) is 61.3 Å². The molecule has 13 heteroatoms. The van der Waals surface area contributed by atoms with Crippen LogP contribution >= 0.6 is 11.5 Å². The molecular formula is C23H24F3N5O3S2. The molecule has 2 aliphatic rings. The van der Waals surface area contributed by atoms with E-state index in [9.17, 15) is 21.6 Å². The van der Waals surface area contributed by atoms with Gasteiger partial charge in [0.05, 0.1) is 18.0 Å². The van der Waals surface area contributed by atoms with Gasteiger partial charge in [-0.15, -0.1) is 0 Å². The third kappa shape index (κ3) is 5.33. The highest BCUT2D eigenvalue weighted by Gasteiger charge is 2.37. The maximum absolute atomic E-state index is 13.6. The molecule has 3 aromatic rings. The van der Waals surface area contributed by atoms with E-state index in [4.69, 9.17) is 4.74 Å². The van der Waals surface area contributed by atoms with Crippen LogP contribution in [0.5, 0.6) is 5.75 Å². The van der Waals surface area contributed by atoms with Crippen molar-refractivity contribution in [1.29, 1.82) is 0 Å². The van der Waals surface area contributed by atoms with E-state index in [1.165, 1.54) is 30.6 Å². The van der Waals surface area contributed by atoms with E-state index in [-0.39, 0.29) is 34.5 Å². The number of halogens is 3. The third-order valence-corrected chi connectivity index (χ3v) is 8.49. The first-order valence-corrected chi connectivity index (χ1v) is 13.6. The minimum atomic E-state index is -3.88. The molecule has 36 heavy (non-hydrogen) atoms. The maximum atomic E-state index is 13.6. The van der Waals surface area contributed by atoms with Gasteiger partial charge in [-0.3, -0.25) is 14.5 Å². The normalized spacial score (nSPS) is 21.2. The lowest BCUT2D eigenvalue weighted by atomic mass is 9.93. The minimum Gasteiger partial charge on any atom is -0.493 e. The number of alkyl halides is 2. The van der Waals surface area contributed by atoms with Crippen molar-refractivity contribution in [3.63, 3.8) is 0 Å². The first-order valence-electron chi connectivity index (χ1n) is 11.4. The molecule has 8 nitrogen and oxygen atoms in total. The highest BCUT2D eigenvalue weighted by Crippen LogP contribution is 2.42. The van der Waals surface area contributed by atoms with E-state index < -0.39 is 16.4 Å². The van der Waals surface area contributed by atoms with Crippen LogP contribution in [0.15, 0.2) is 53.7 Å². The smallest absolute Gasteiger partial charge is 0.263 e. The third-order valence-electron chi connectivity index (χ3n) is 6.44. The molecular weight excluding hydrogens is 515 g/mol. The Balaban J connectivity index is 1.44. The number of aromatic nitrogens is 2. The van der Waals surface area contributed by atoms with Crippen LogP contribution in [-0.4, -0.2) is 66.8 Å². The molecule has 0 amide bonds. The predicted octanol–water partition coefficient (Wildman–Crippen LogP) is 3.93. The molecule has 1 fully saturated rings. The molecule has 2 aliphatic heterocycles. The van der Waals surface area contributed by atoms with Gasteiger partial charge in [-0.05, 0) is 23.8 Å². The van der Waals surface area contributed by atoms with Crippen molar-refractivity contribution in [2.24, 2.45) is 0 Å². The Bertz CT molecular complexity index is 1290. The molecule has 1 N–H and O–H groups in total. The molecule has 2 unspecified atom stereocenters. The van der Waals surface area contributed by atoms with Crippen molar-refractivity contribution in [2.75, 3.05) is 37.5 Å². The molecule has 1 aromatic heterocycles. The number of rotatable bonds is 7. The van der Waals surface area contributed by atoms with Gasteiger partial charge in [-0.2, -0.15) is 4.37 Å². The van der Waals surface area contributed by atoms with Gasteiger partial charge < -0.3 is 4.74 Å².